The second-order valence-corrected chi connectivity index (χ2v) is 6.59. The van der Waals surface area contributed by atoms with Gasteiger partial charge in [-0.15, -0.1) is 0 Å². The second-order valence-electron chi connectivity index (χ2n) is 6.59. The van der Waals surface area contributed by atoms with Crippen molar-refractivity contribution < 1.29 is 9.53 Å². The summed E-state index contributed by atoms with van der Waals surface area (Å²) in [6, 6.07) is 5.99. The molecule has 1 aliphatic heterocycles. The number of nitrogens with zero attached hydrogens (tertiary/aromatic N) is 2. The largest absolute Gasteiger partial charge is 0.444 e. The Balaban J connectivity index is 1.69. The van der Waals surface area contributed by atoms with Gasteiger partial charge in [0, 0.05) is 25.8 Å². The number of rotatable bonds is 4. The molecule has 5 nitrogen and oxygen atoms in total. The van der Waals surface area contributed by atoms with Crippen molar-refractivity contribution in [1.82, 2.24) is 15.2 Å². The lowest BCUT2D eigenvalue weighted by Gasteiger charge is -2.21. The van der Waals surface area contributed by atoms with Gasteiger partial charge in [0.15, 0.2) is 0 Å². The van der Waals surface area contributed by atoms with Crippen molar-refractivity contribution in [2.75, 3.05) is 19.6 Å². The Morgan fingerprint density at radius 3 is 2.95 bits per heavy atom. The molecule has 1 atom stereocenters. The number of hydrogen-bond donors (Lipinski definition) is 1. The Kier molecular flexibility index (Phi) is 5.17. The first kappa shape index (κ1) is 15.8. The van der Waals surface area contributed by atoms with E-state index < -0.39 is 5.60 Å². The summed E-state index contributed by atoms with van der Waals surface area (Å²) in [4.78, 5) is 18.4. The van der Waals surface area contributed by atoms with E-state index in [9.17, 15) is 4.79 Å². The zero-order chi connectivity index (χ0) is 15.3. The van der Waals surface area contributed by atoms with Crippen molar-refractivity contribution in [3.63, 3.8) is 0 Å². The minimum absolute atomic E-state index is 0.328. The molecule has 0 bridgehead atoms. The lowest BCUT2D eigenvalue weighted by atomic mass is 10.1. The number of aromatic nitrogens is 1. The van der Waals surface area contributed by atoms with Crippen LogP contribution in [-0.2, 0) is 11.3 Å². The Morgan fingerprint density at radius 2 is 2.29 bits per heavy atom. The summed E-state index contributed by atoms with van der Waals surface area (Å²) in [5.41, 5.74) is 0.656. The summed E-state index contributed by atoms with van der Waals surface area (Å²) in [6.07, 6.45) is 2.60. The van der Waals surface area contributed by atoms with Crippen LogP contribution in [0.4, 0.5) is 4.79 Å². The smallest absolute Gasteiger partial charge is 0.407 e. The molecule has 0 aliphatic carbocycles. The molecule has 1 fully saturated rings. The van der Waals surface area contributed by atoms with E-state index >= 15 is 0 Å². The van der Waals surface area contributed by atoms with Gasteiger partial charge in [-0.1, -0.05) is 6.07 Å². The number of hydrogen-bond acceptors (Lipinski definition) is 4. The molecule has 1 saturated heterocycles. The van der Waals surface area contributed by atoms with Gasteiger partial charge >= 0.3 is 6.09 Å². The lowest BCUT2D eigenvalue weighted by Crippen LogP contribution is -2.36. The molecule has 21 heavy (non-hydrogen) atoms. The fourth-order valence-corrected chi connectivity index (χ4v) is 2.49. The monoisotopic (exact) mass is 291 g/mol. The summed E-state index contributed by atoms with van der Waals surface area (Å²) < 4.78 is 5.25. The number of ether oxygens (including phenoxy) is 1. The van der Waals surface area contributed by atoms with Crippen LogP contribution in [0.3, 0.4) is 0 Å². The first-order valence-electron chi connectivity index (χ1n) is 7.51. The minimum atomic E-state index is -0.440. The Hall–Kier alpha value is -1.62. The number of carbonyl (C=O) groups excluding carboxylic acids is 1. The van der Waals surface area contributed by atoms with Gasteiger partial charge in [0.25, 0.3) is 0 Å². The first-order chi connectivity index (χ1) is 9.92. The molecule has 5 heteroatoms. The SMILES string of the molecule is CC(C)(C)OC(=O)NC[C@@H]1CCN(Cc2ccccn2)C1. The van der Waals surface area contributed by atoms with E-state index in [1.165, 1.54) is 0 Å². The average molecular weight is 291 g/mol. The molecule has 1 aliphatic rings. The van der Waals surface area contributed by atoms with Crippen molar-refractivity contribution in [2.45, 2.75) is 39.3 Å². The third kappa shape index (κ3) is 5.71. The van der Waals surface area contributed by atoms with E-state index in [1.54, 1.807) is 0 Å². The Bertz CT molecular complexity index is 456. The summed E-state index contributed by atoms with van der Waals surface area (Å²) in [7, 11) is 0. The number of amides is 1. The van der Waals surface area contributed by atoms with Crippen molar-refractivity contribution in [3.8, 4) is 0 Å². The molecule has 0 saturated carbocycles. The van der Waals surface area contributed by atoms with Gasteiger partial charge in [0.1, 0.15) is 5.60 Å². The van der Waals surface area contributed by atoms with Crippen LogP contribution >= 0.6 is 0 Å². The van der Waals surface area contributed by atoms with Crippen LogP contribution in [0.1, 0.15) is 32.9 Å². The van der Waals surface area contributed by atoms with Crippen LogP contribution in [0, 0.1) is 5.92 Å². The zero-order valence-electron chi connectivity index (χ0n) is 13.1. The van der Waals surface area contributed by atoms with E-state index in [-0.39, 0.29) is 6.09 Å². The highest BCUT2D eigenvalue weighted by molar-refractivity contribution is 5.67. The summed E-state index contributed by atoms with van der Waals surface area (Å²) >= 11 is 0. The van der Waals surface area contributed by atoms with Crippen molar-refractivity contribution >= 4 is 6.09 Å². The van der Waals surface area contributed by atoms with Gasteiger partial charge in [-0.05, 0) is 51.8 Å². The lowest BCUT2D eigenvalue weighted by molar-refractivity contribution is 0.0519. The van der Waals surface area contributed by atoms with Gasteiger partial charge in [0.05, 0.1) is 5.69 Å². The quantitative estimate of drug-likeness (QED) is 0.925. The first-order valence-corrected chi connectivity index (χ1v) is 7.51. The third-order valence-electron chi connectivity index (χ3n) is 3.42. The van der Waals surface area contributed by atoms with Gasteiger partial charge in [-0.2, -0.15) is 0 Å². The van der Waals surface area contributed by atoms with E-state index in [0.29, 0.717) is 12.5 Å². The fraction of sp³-hybridized carbons (Fsp3) is 0.625. The van der Waals surface area contributed by atoms with Crippen LogP contribution < -0.4 is 5.32 Å². The molecule has 0 unspecified atom stereocenters. The third-order valence-corrected chi connectivity index (χ3v) is 3.42. The maximum Gasteiger partial charge on any atom is 0.407 e. The van der Waals surface area contributed by atoms with Crippen LogP contribution in [-0.4, -0.2) is 41.2 Å². The zero-order valence-corrected chi connectivity index (χ0v) is 13.1. The van der Waals surface area contributed by atoms with Gasteiger partial charge in [0.2, 0.25) is 0 Å². The molecule has 1 amide bonds. The normalized spacial score (nSPS) is 19.5. The van der Waals surface area contributed by atoms with E-state index in [2.05, 4.69) is 15.2 Å². The van der Waals surface area contributed by atoms with Crippen LogP contribution in [0.15, 0.2) is 24.4 Å². The van der Waals surface area contributed by atoms with Crippen molar-refractivity contribution in [3.05, 3.63) is 30.1 Å². The van der Waals surface area contributed by atoms with E-state index in [1.807, 2.05) is 45.2 Å². The molecule has 1 N–H and O–H groups in total. The van der Waals surface area contributed by atoms with Crippen molar-refractivity contribution in [2.24, 2.45) is 5.92 Å². The summed E-state index contributed by atoms with van der Waals surface area (Å²) in [5.74, 6) is 0.487. The molecule has 1 aromatic rings. The maximum absolute atomic E-state index is 11.6. The number of pyridine rings is 1. The molecule has 2 rings (SSSR count). The standard InChI is InChI=1S/C16H25N3O2/c1-16(2,3)21-15(20)18-10-13-7-9-19(11-13)12-14-6-4-5-8-17-14/h4-6,8,13H,7,9-12H2,1-3H3,(H,18,20)/t13-/m0/s1. The highest BCUT2D eigenvalue weighted by atomic mass is 16.6. The van der Waals surface area contributed by atoms with Crippen molar-refractivity contribution in [1.29, 1.82) is 0 Å². The number of alkyl carbamates (subject to hydrolysis) is 1. The molecule has 1 aromatic heterocycles. The Labute approximate surface area is 126 Å². The average Bonchev–Trinajstić information content (AvgIpc) is 2.83. The number of likely N-dealkylation sites (tertiary alicyclic amines) is 1. The van der Waals surface area contributed by atoms with E-state index in [0.717, 1.165) is 31.7 Å². The highest BCUT2D eigenvalue weighted by Gasteiger charge is 2.24. The molecule has 116 valence electrons. The Morgan fingerprint density at radius 1 is 1.48 bits per heavy atom. The minimum Gasteiger partial charge on any atom is -0.444 e. The predicted molar refractivity (Wildman–Crippen MR) is 81.9 cm³/mol. The van der Waals surface area contributed by atoms with Crippen LogP contribution in [0.25, 0.3) is 0 Å². The molecular weight excluding hydrogens is 266 g/mol. The molecular formula is C16H25N3O2. The molecule has 0 radical (unpaired) electrons. The second kappa shape index (κ2) is 6.89. The van der Waals surface area contributed by atoms with Crippen LogP contribution in [0.5, 0.6) is 0 Å². The summed E-state index contributed by atoms with van der Waals surface area (Å²) in [6.45, 7) is 9.21. The van der Waals surface area contributed by atoms with Gasteiger partial charge in [-0.3, -0.25) is 9.88 Å². The maximum atomic E-state index is 11.6. The van der Waals surface area contributed by atoms with Gasteiger partial charge < -0.3 is 10.1 Å². The molecule has 2 heterocycles. The summed E-state index contributed by atoms with van der Waals surface area (Å²) in [5, 5.41) is 2.86. The number of carbonyl (C=O) groups is 1. The van der Waals surface area contributed by atoms with Gasteiger partial charge in [-0.25, -0.2) is 4.79 Å². The topological polar surface area (TPSA) is 54.5 Å². The molecule has 0 spiro atoms. The highest BCUT2D eigenvalue weighted by Crippen LogP contribution is 2.17. The van der Waals surface area contributed by atoms with Crippen LogP contribution in [0.2, 0.25) is 0 Å². The van der Waals surface area contributed by atoms with E-state index in [4.69, 9.17) is 4.74 Å². The number of nitrogens with one attached hydrogen (secondary N) is 1. The molecule has 0 aromatic carbocycles. The predicted octanol–water partition coefficient (Wildman–Crippen LogP) is 2.43. The fourth-order valence-electron chi connectivity index (χ4n) is 2.49.